The lowest BCUT2D eigenvalue weighted by Crippen LogP contribution is -2.43. The van der Waals surface area contributed by atoms with Gasteiger partial charge in [0.1, 0.15) is 0 Å². The summed E-state index contributed by atoms with van der Waals surface area (Å²) in [5, 5.41) is 9.02. The van der Waals surface area contributed by atoms with Crippen molar-refractivity contribution in [3.05, 3.63) is 0 Å². The van der Waals surface area contributed by atoms with Crippen molar-refractivity contribution in [2.75, 3.05) is 53.4 Å². The summed E-state index contributed by atoms with van der Waals surface area (Å²) in [5.74, 6) is -1.14. The summed E-state index contributed by atoms with van der Waals surface area (Å²) in [6, 6.07) is 0. The maximum atomic E-state index is 12.2. The molecular formula is C14H27N3O3. The molecule has 0 aromatic heterocycles. The van der Waals surface area contributed by atoms with Gasteiger partial charge in [-0.05, 0) is 26.9 Å². The van der Waals surface area contributed by atoms with Crippen LogP contribution in [0, 0.1) is 5.92 Å². The maximum Gasteiger partial charge on any atom is 0.307 e. The van der Waals surface area contributed by atoms with Crippen LogP contribution >= 0.6 is 0 Å². The van der Waals surface area contributed by atoms with Crippen molar-refractivity contribution in [2.24, 2.45) is 5.92 Å². The maximum absolute atomic E-state index is 12.2. The molecular weight excluding hydrogens is 258 g/mol. The topological polar surface area (TPSA) is 64.1 Å². The molecule has 0 spiro atoms. The summed E-state index contributed by atoms with van der Waals surface area (Å²) in [6.45, 7) is 5.65. The minimum absolute atomic E-state index is 0.124. The van der Waals surface area contributed by atoms with Crippen molar-refractivity contribution in [3.63, 3.8) is 0 Å². The smallest absolute Gasteiger partial charge is 0.307 e. The summed E-state index contributed by atoms with van der Waals surface area (Å²) in [7, 11) is 3.95. The Hall–Kier alpha value is -1.14. The lowest BCUT2D eigenvalue weighted by Gasteiger charge is -2.27. The third-order valence-electron chi connectivity index (χ3n) is 3.63. The van der Waals surface area contributed by atoms with E-state index in [9.17, 15) is 9.59 Å². The van der Waals surface area contributed by atoms with E-state index >= 15 is 0 Å². The molecule has 1 aliphatic heterocycles. The molecule has 1 atom stereocenters. The number of carbonyl (C=O) groups is 2. The third kappa shape index (κ3) is 5.88. The minimum atomic E-state index is -0.812. The lowest BCUT2D eigenvalue weighted by molar-refractivity contribution is -0.142. The van der Waals surface area contributed by atoms with E-state index in [0.717, 1.165) is 32.5 Å². The minimum Gasteiger partial charge on any atom is -0.481 e. The van der Waals surface area contributed by atoms with Gasteiger partial charge in [0.2, 0.25) is 5.91 Å². The monoisotopic (exact) mass is 285 g/mol. The van der Waals surface area contributed by atoms with Gasteiger partial charge in [-0.2, -0.15) is 0 Å². The predicted octanol–water partition coefficient (Wildman–Crippen LogP) is 0.193. The fourth-order valence-electron chi connectivity index (χ4n) is 2.30. The summed E-state index contributed by atoms with van der Waals surface area (Å²) >= 11 is 0. The van der Waals surface area contributed by atoms with Crippen LogP contribution in [0.15, 0.2) is 0 Å². The van der Waals surface area contributed by atoms with Gasteiger partial charge in [0, 0.05) is 32.7 Å². The Labute approximate surface area is 121 Å². The van der Waals surface area contributed by atoms with E-state index in [1.54, 1.807) is 6.92 Å². The van der Waals surface area contributed by atoms with Crippen molar-refractivity contribution in [1.29, 1.82) is 0 Å². The van der Waals surface area contributed by atoms with Crippen LogP contribution in [-0.4, -0.2) is 85.0 Å². The van der Waals surface area contributed by atoms with Gasteiger partial charge in [-0.3, -0.25) is 14.5 Å². The number of likely N-dealkylation sites (tertiary alicyclic amines) is 1. The van der Waals surface area contributed by atoms with Crippen molar-refractivity contribution in [2.45, 2.75) is 19.8 Å². The Morgan fingerprint density at radius 3 is 2.30 bits per heavy atom. The van der Waals surface area contributed by atoms with Crippen LogP contribution in [0.1, 0.15) is 19.8 Å². The number of carboxylic acids is 1. The first-order chi connectivity index (χ1) is 9.40. The van der Waals surface area contributed by atoms with E-state index < -0.39 is 11.9 Å². The molecule has 0 bridgehead atoms. The van der Waals surface area contributed by atoms with E-state index in [-0.39, 0.29) is 5.91 Å². The first-order valence-corrected chi connectivity index (χ1v) is 7.28. The van der Waals surface area contributed by atoms with Crippen LogP contribution in [0.2, 0.25) is 0 Å². The molecule has 0 radical (unpaired) electrons. The van der Waals surface area contributed by atoms with Gasteiger partial charge >= 0.3 is 5.97 Å². The molecule has 1 aliphatic rings. The molecule has 20 heavy (non-hydrogen) atoms. The van der Waals surface area contributed by atoms with E-state index in [1.807, 2.05) is 28.8 Å². The third-order valence-corrected chi connectivity index (χ3v) is 3.63. The largest absolute Gasteiger partial charge is 0.481 e. The van der Waals surface area contributed by atoms with Crippen LogP contribution in [0.3, 0.4) is 0 Å². The number of nitrogens with zero attached hydrogens (tertiary/aromatic N) is 3. The Kier molecular flexibility index (Phi) is 6.95. The molecule has 0 aromatic rings. The number of hydrogen-bond donors (Lipinski definition) is 1. The van der Waals surface area contributed by atoms with Gasteiger partial charge < -0.3 is 14.9 Å². The number of aliphatic carboxylic acids is 1. The van der Waals surface area contributed by atoms with Gasteiger partial charge in [-0.25, -0.2) is 0 Å². The zero-order valence-corrected chi connectivity index (χ0v) is 12.8. The van der Waals surface area contributed by atoms with E-state index in [2.05, 4.69) is 0 Å². The molecule has 1 unspecified atom stereocenters. The van der Waals surface area contributed by atoms with Crippen LogP contribution in [0.5, 0.6) is 0 Å². The first kappa shape index (κ1) is 16.9. The number of hydrogen-bond acceptors (Lipinski definition) is 4. The Balaban J connectivity index is 2.51. The van der Waals surface area contributed by atoms with Gasteiger partial charge in [0.05, 0.1) is 12.5 Å². The Morgan fingerprint density at radius 1 is 1.20 bits per heavy atom. The van der Waals surface area contributed by atoms with Crippen molar-refractivity contribution < 1.29 is 14.7 Å². The highest BCUT2D eigenvalue weighted by Gasteiger charge is 2.23. The molecule has 0 saturated carbocycles. The summed E-state index contributed by atoms with van der Waals surface area (Å²) in [4.78, 5) is 29.0. The zero-order valence-electron chi connectivity index (χ0n) is 12.8. The highest BCUT2D eigenvalue weighted by atomic mass is 16.4. The van der Waals surface area contributed by atoms with Crippen LogP contribution in [-0.2, 0) is 9.59 Å². The van der Waals surface area contributed by atoms with Crippen molar-refractivity contribution >= 4 is 11.9 Å². The molecule has 0 aromatic carbocycles. The van der Waals surface area contributed by atoms with Gasteiger partial charge in [-0.1, -0.05) is 6.92 Å². The second-order valence-corrected chi connectivity index (χ2v) is 5.87. The highest BCUT2D eigenvalue weighted by Crippen LogP contribution is 2.09. The first-order valence-electron chi connectivity index (χ1n) is 7.28. The number of carbonyl (C=O) groups excluding carboxylic acids is 1. The van der Waals surface area contributed by atoms with E-state index in [4.69, 9.17) is 5.11 Å². The van der Waals surface area contributed by atoms with Crippen molar-refractivity contribution in [1.82, 2.24) is 14.7 Å². The second-order valence-electron chi connectivity index (χ2n) is 5.87. The van der Waals surface area contributed by atoms with E-state index in [0.29, 0.717) is 19.6 Å². The Bertz CT molecular complexity index is 328. The summed E-state index contributed by atoms with van der Waals surface area (Å²) in [5.41, 5.74) is 0. The molecule has 116 valence electrons. The highest BCUT2D eigenvalue weighted by molar-refractivity contribution is 5.78. The quantitative estimate of drug-likeness (QED) is 0.690. The predicted molar refractivity (Wildman–Crippen MR) is 77.6 cm³/mol. The lowest BCUT2D eigenvalue weighted by atomic mass is 10.1. The number of amides is 1. The molecule has 1 fully saturated rings. The molecule has 0 aliphatic carbocycles. The number of carboxylic acid groups (broad SMARTS) is 1. The van der Waals surface area contributed by atoms with Crippen LogP contribution in [0.25, 0.3) is 0 Å². The molecule has 1 amide bonds. The average molecular weight is 285 g/mol. The van der Waals surface area contributed by atoms with Crippen LogP contribution in [0.4, 0.5) is 0 Å². The molecule has 1 N–H and O–H groups in total. The summed E-state index contributed by atoms with van der Waals surface area (Å²) < 4.78 is 0. The van der Waals surface area contributed by atoms with Gasteiger partial charge in [0.15, 0.2) is 0 Å². The zero-order chi connectivity index (χ0) is 15.1. The van der Waals surface area contributed by atoms with E-state index in [1.165, 1.54) is 0 Å². The summed E-state index contributed by atoms with van der Waals surface area (Å²) in [6.07, 6.45) is 2.16. The fraction of sp³-hybridized carbons (Fsp3) is 0.857. The fourth-order valence-corrected chi connectivity index (χ4v) is 2.30. The average Bonchev–Trinajstić information content (AvgIpc) is 2.89. The van der Waals surface area contributed by atoms with Crippen molar-refractivity contribution in [3.8, 4) is 0 Å². The molecule has 6 heteroatoms. The second kappa shape index (κ2) is 8.21. The standard InChI is InChI=1S/C14H27N3O3/c1-12(14(19)20)10-16(9-8-15(2)3)11-13(18)17-6-4-5-7-17/h12H,4-11H2,1-3H3,(H,19,20). The molecule has 1 heterocycles. The SMILES string of the molecule is CC(CN(CCN(C)C)CC(=O)N1CCCC1)C(=O)O. The van der Waals surface area contributed by atoms with Gasteiger partial charge in [0.25, 0.3) is 0 Å². The Morgan fingerprint density at radius 2 is 1.80 bits per heavy atom. The molecule has 1 rings (SSSR count). The normalized spacial score (nSPS) is 16.9. The number of likely N-dealkylation sites (N-methyl/N-ethyl adjacent to an activating group) is 1. The van der Waals surface area contributed by atoms with Gasteiger partial charge in [-0.15, -0.1) is 0 Å². The molecule has 6 nitrogen and oxygen atoms in total. The molecule has 1 saturated heterocycles. The number of rotatable bonds is 8. The van der Waals surface area contributed by atoms with Crippen LogP contribution < -0.4 is 0 Å².